The number of aryl methyl sites for hydroxylation is 1. The van der Waals surface area contributed by atoms with Crippen molar-refractivity contribution >= 4 is 17.2 Å². The quantitative estimate of drug-likeness (QED) is 0.637. The molecule has 0 aliphatic heterocycles. The van der Waals surface area contributed by atoms with Gasteiger partial charge in [0.1, 0.15) is 5.82 Å². The Kier molecular flexibility index (Phi) is 2.67. The summed E-state index contributed by atoms with van der Waals surface area (Å²) in [6.45, 7) is 0. The minimum atomic E-state index is -0.264. The molecule has 0 saturated heterocycles. The monoisotopic (exact) mass is 253 g/mol. The van der Waals surface area contributed by atoms with E-state index in [2.05, 4.69) is 0 Å². The largest absolute Gasteiger partial charge is 0.350 e. The van der Waals surface area contributed by atoms with Gasteiger partial charge in [-0.1, -0.05) is 24.3 Å². The van der Waals surface area contributed by atoms with Crippen LogP contribution in [-0.2, 0) is 7.05 Å². The zero-order valence-electron chi connectivity index (χ0n) is 10.4. The molecule has 1 heterocycles. The van der Waals surface area contributed by atoms with Crippen molar-refractivity contribution in [2.24, 2.45) is 7.05 Å². The van der Waals surface area contributed by atoms with E-state index in [4.69, 9.17) is 0 Å². The number of benzene rings is 2. The lowest BCUT2D eigenvalue weighted by Crippen LogP contribution is -1.85. The van der Waals surface area contributed by atoms with Crippen molar-refractivity contribution in [3.8, 4) is 11.1 Å². The molecule has 0 aliphatic rings. The number of fused-ring (bicyclic) bond motifs is 1. The topological polar surface area (TPSA) is 22.0 Å². The van der Waals surface area contributed by atoms with E-state index < -0.39 is 0 Å². The van der Waals surface area contributed by atoms with Crippen LogP contribution in [0.2, 0.25) is 0 Å². The van der Waals surface area contributed by atoms with Gasteiger partial charge >= 0.3 is 0 Å². The van der Waals surface area contributed by atoms with E-state index in [1.165, 1.54) is 12.1 Å². The minimum absolute atomic E-state index is 0.264. The average molecular weight is 253 g/mol. The zero-order chi connectivity index (χ0) is 13.4. The number of aldehydes is 1. The molecule has 0 atom stereocenters. The second-order valence-electron chi connectivity index (χ2n) is 4.52. The normalized spacial score (nSPS) is 10.8. The summed E-state index contributed by atoms with van der Waals surface area (Å²) in [6, 6.07) is 12.2. The Morgan fingerprint density at radius 3 is 2.53 bits per heavy atom. The van der Waals surface area contributed by atoms with Gasteiger partial charge in [0.25, 0.3) is 0 Å². The zero-order valence-corrected chi connectivity index (χ0v) is 10.4. The number of carbonyl (C=O) groups excluding carboxylic acids is 1. The van der Waals surface area contributed by atoms with Crippen LogP contribution in [-0.4, -0.2) is 10.9 Å². The summed E-state index contributed by atoms with van der Waals surface area (Å²) in [6.07, 6.45) is 2.67. The maximum absolute atomic E-state index is 13.0. The molecule has 0 fully saturated rings. The predicted octanol–water partition coefficient (Wildman–Crippen LogP) is 3.80. The minimum Gasteiger partial charge on any atom is -0.350 e. The standard InChI is InChI=1S/C16H12FNO/c1-18-9-12(10-19)16-14(3-2-4-15(16)18)11-5-7-13(17)8-6-11/h2-10H,1H3. The molecule has 94 valence electrons. The van der Waals surface area contributed by atoms with Gasteiger partial charge in [0, 0.05) is 29.7 Å². The highest BCUT2D eigenvalue weighted by Crippen LogP contribution is 2.31. The number of carbonyl (C=O) groups is 1. The van der Waals surface area contributed by atoms with Crippen molar-refractivity contribution in [1.29, 1.82) is 0 Å². The van der Waals surface area contributed by atoms with Gasteiger partial charge in [0.2, 0.25) is 0 Å². The highest BCUT2D eigenvalue weighted by atomic mass is 19.1. The fourth-order valence-electron chi connectivity index (χ4n) is 2.44. The van der Waals surface area contributed by atoms with Crippen LogP contribution in [0.15, 0.2) is 48.7 Å². The molecule has 3 heteroatoms. The van der Waals surface area contributed by atoms with Gasteiger partial charge < -0.3 is 4.57 Å². The first-order valence-electron chi connectivity index (χ1n) is 6.00. The van der Waals surface area contributed by atoms with Crippen LogP contribution in [0.3, 0.4) is 0 Å². The van der Waals surface area contributed by atoms with Gasteiger partial charge in [-0.05, 0) is 29.3 Å². The number of aromatic nitrogens is 1. The molecule has 2 aromatic carbocycles. The number of hydrogen-bond acceptors (Lipinski definition) is 1. The van der Waals surface area contributed by atoms with Crippen molar-refractivity contribution < 1.29 is 9.18 Å². The van der Waals surface area contributed by atoms with E-state index in [1.54, 1.807) is 12.1 Å². The third kappa shape index (κ3) is 1.83. The lowest BCUT2D eigenvalue weighted by molar-refractivity contribution is 0.112. The SMILES string of the molecule is Cn1cc(C=O)c2c(-c3ccc(F)cc3)cccc21. The summed E-state index contributed by atoms with van der Waals surface area (Å²) in [4.78, 5) is 11.2. The average Bonchev–Trinajstić information content (AvgIpc) is 2.77. The van der Waals surface area contributed by atoms with E-state index in [0.29, 0.717) is 5.56 Å². The third-order valence-corrected chi connectivity index (χ3v) is 3.33. The fraction of sp³-hybridized carbons (Fsp3) is 0.0625. The molecule has 3 rings (SSSR count). The van der Waals surface area contributed by atoms with Crippen molar-refractivity contribution in [1.82, 2.24) is 4.57 Å². The summed E-state index contributed by atoms with van der Waals surface area (Å²) in [5, 5.41) is 0.909. The Morgan fingerprint density at radius 2 is 1.84 bits per heavy atom. The molecule has 2 nitrogen and oxygen atoms in total. The molecule has 0 radical (unpaired) electrons. The molecule has 0 saturated carbocycles. The number of rotatable bonds is 2. The predicted molar refractivity (Wildman–Crippen MR) is 73.7 cm³/mol. The van der Waals surface area contributed by atoms with E-state index in [0.717, 1.165) is 28.3 Å². The molecule has 19 heavy (non-hydrogen) atoms. The first-order valence-corrected chi connectivity index (χ1v) is 6.00. The lowest BCUT2D eigenvalue weighted by atomic mass is 9.99. The Balaban J connectivity index is 2.34. The van der Waals surface area contributed by atoms with Crippen LogP contribution in [0.4, 0.5) is 4.39 Å². The van der Waals surface area contributed by atoms with Gasteiger partial charge in [-0.25, -0.2) is 4.39 Å². The fourth-order valence-corrected chi connectivity index (χ4v) is 2.44. The van der Waals surface area contributed by atoms with Crippen molar-refractivity contribution in [3.05, 3.63) is 60.0 Å². The highest BCUT2D eigenvalue weighted by molar-refractivity contribution is 6.06. The Labute approximate surface area is 110 Å². The molecule has 0 N–H and O–H groups in total. The third-order valence-electron chi connectivity index (χ3n) is 3.33. The van der Waals surface area contributed by atoms with E-state index in [9.17, 15) is 9.18 Å². The molecule has 0 unspecified atom stereocenters. The maximum atomic E-state index is 13.0. The smallest absolute Gasteiger partial charge is 0.152 e. The van der Waals surface area contributed by atoms with Gasteiger partial charge in [0.15, 0.2) is 6.29 Å². The Morgan fingerprint density at radius 1 is 1.11 bits per heavy atom. The van der Waals surface area contributed by atoms with E-state index in [-0.39, 0.29) is 5.82 Å². The van der Waals surface area contributed by atoms with Crippen molar-refractivity contribution in [3.63, 3.8) is 0 Å². The summed E-state index contributed by atoms with van der Waals surface area (Å²) in [7, 11) is 1.91. The second-order valence-corrected chi connectivity index (χ2v) is 4.52. The van der Waals surface area contributed by atoms with Crippen LogP contribution in [0.5, 0.6) is 0 Å². The number of nitrogens with zero attached hydrogens (tertiary/aromatic N) is 1. The van der Waals surface area contributed by atoms with Gasteiger partial charge in [-0.2, -0.15) is 0 Å². The summed E-state index contributed by atoms with van der Waals surface area (Å²) >= 11 is 0. The number of halogens is 1. The number of hydrogen-bond donors (Lipinski definition) is 0. The van der Waals surface area contributed by atoms with Crippen molar-refractivity contribution in [2.75, 3.05) is 0 Å². The molecular formula is C16H12FNO. The highest BCUT2D eigenvalue weighted by Gasteiger charge is 2.11. The molecule has 0 aliphatic carbocycles. The lowest BCUT2D eigenvalue weighted by Gasteiger charge is -2.05. The van der Waals surface area contributed by atoms with Crippen LogP contribution < -0.4 is 0 Å². The Bertz CT molecular complexity index is 756. The molecule has 0 bridgehead atoms. The molecule has 0 spiro atoms. The van der Waals surface area contributed by atoms with E-state index >= 15 is 0 Å². The van der Waals surface area contributed by atoms with Crippen LogP contribution in [0.1, 0.15) is 10.4 Å². The van der Waals surface area contributed by atoms with Crippen LogP contribution in [0, 0.1) is 5.82 Å². The first-order chi connectivity index (χ1) is 9.20. The second kappa shape index (κ2) is 4.35. The molecule has 0 amide bonds. The summed E-state index contributed by atoms with van der Waals surface area (Å²) in [5.74, 6) is -0.264. The van der Waals surface area contributed by atoms with Gasteiger partial charge in [-0.3, -0.25) is 4.79 Å². The van der Waals surface area contributed by atoms with Gasteiger partial charge in [0.05, 0.1) is 0 Å². The van der Waals surface area contributed by atoms with Crippen molar-refractivity contribution in [2.45, 2.75) is 0 Å². The Hall–Kier alpha value is -2.42. The summed E-state index contributed by atoms with van der Waals surface area (Å²) < 4.78 is 14.9. The van der Waals surface area contributed by atoms with Crippen LogP contribution >= 0.6 is 0 Å². The van der Waals surface area contributed by atoms with Crippen LogP contribution in [0.25, 0.3) is 22.0 Å². The molecule has 3 aromatic rings. The van der Waals surface area contributed by atoms with E-state index in [1.807, 2.05) is 36.0 Å². The first kappa shape index (κ1) is 11.7. The molecular weight excluding hydrogens is 241 g/mol. The molecule has 1 aromatic heterocycles. The summed E-state index contributed by atoms with van der Waals surface area (Å²) in [5.41, 5.74) is 3.49. The maximum Gasteiger partial charge on any atom is 0.152 e. The van der Waals surface area contributed by atoms with Gasteiger partial charge in [-0.15, -0.1) is 0 Å².